The normalized spacial score (nSPS) is 15.8. The molecule has 1 fully saturated rings. The molecular weight excluding hydrogens is 238 g/mol. The fraction of sp³-hybridized carbons (Fsp3) is 0.562. The van der Waals surface area contributed by atoms with E-state index < -0.39 is 0 Å². The van der Waals surface area contributed by atoms with Crippen LogP contribution in [0.5, 0.6) is 0 Å². The standard InChI is InChI=1S/C16H23NO2/c1-3-13(4-2)14-5-7-15(8-6-14)16(18)17-9-11-19-12-10-17/h5-8,13H,3-4,9-12H2,1-2H3. The molecule has 1 heterocycles. The van der Waals surface area contributed by atoms with E-state index in [0.29, 0.717) is 32.2 Å². The van der Waals surface area contributed by atoms with Gasteiger partial charge >= 0.3 is 0 Å². The molecule has 1 saturated heterocycles. The van der Waals surface area contributed by atoms with Crippen molar-refractivity contribution in [3.05, 3.63) is 35.4 Å². The second-order valence-corrected chi connectivity index (χ2v) is 5.04. The molecule has 1 aliphatic heterocycles. The molecule has 0 bridgehead atoms. The summed E-state index contributed by atoms with van der Waals surface area (Å²) < 4.78 is 5.27. The van der Waals surface area contributed by atoms with Crippen LogP contribution in [0.15, 0.2) is 24.3 Å². The van der Waals surface area contributed by atoms with Crippen molar-refractivity contribution in [3.63, 3.8) is 0 Å². The fourth-order valence-electron chi connectivity index (χ4n) is 2.61. The van der Waals surface area contributed by atoms with Crippen LogP contribution >= 0.6 is 0 Å². The van der Waals surface area contributed by atoms with E-state index in [4.69, 9.17) is 4.74 Å². The zero-order valence-electron chi connectivity index (χ0n) is 11.9. The van der Waals surface area contributed by atoms with Crippen LogP contribution < -0.4 is 0 Å². The van der Waals surface area contributed by atoms with Crippen LogP contribution in [-0.4, -0.2) is 37.1 Å². The first kappa shape index (κ1) is 14.1. The first-order valence-corrected chi connectivity index (χ1v) is 7.23. The van der Waals surface area contributed by atoms with Gasteiger partial charge in [0, 0.05) is 18.7 Å². The molecule has 0 aliphatic carbocycles. The summed E-state index contributed by atoms with van der Waals surface area (Å²) in [6.07, 6.45) is 2.29. The van der Waals surface area contributed by atoms with Gasteiger partial charge in [-0.05, 0) is 36.5 Å². The molecule has 1 aliphatic rings. The smallest absolute Gasteiger partial charge is 0.254 e. The van der Waals surface area contributed by atoms with E-state index in [2.05, 4.69) is 26.0 Å². The minimum Gasteiger partial charge on any atom is -0.378 e. The highest BCUT2D eigenvalue weighted by molar-refractivity contribution is 5.94. The van der Waals surface area contributed by atoms with Gasteiger partial charge in [-0.15, -0.1) is 0 Å². The minimum absolute atomic E-state index is 0.124. The Morgan fingerprint density at radius 3 is 2.26 bits per heavy atom. The SMILES string of the molecule is CCC(CC)c1ccc(C(=O)N2CCOCC2)cc1. The van der Waals surface area contributed by atoms with E-state index >= 15 is 0 Å². The van der Waals surface area contributed by atoms with E-state index in [9.17, 15) is 4.79 Å². The third-order valence-corrected chi connectivity index (χ3v) is 3.91. The van der Waals surface area contributed by atoms with Crippen LogP contribution in [0.3, 0.4) is 0 Å². The quantitative estimate of drug-likeness (QED) is 0.833. The maximum atomic E-state index is 12.3. The lowest BCUT2D eigenvalue weighted by molar-refractivity contribution is 0.0303. The molecule has 0 N–H and O–H groups in total. The number of carbonyl (C=O) groups is 1. The lowest BCUT2D eigenvalue weighted by Gasteiger charge is -2.27. The topological polar surface area (TPSA) is 29.5 Å². The van der Waals surface area contributed by atoms with Gasteiger partial charge < -0.3 is 9.64 Å². The molecule has 0 unspecified atom stereocenters. The summed E-state index contributed by atoms with van der Waals surface area (Å²) >= 11 is 0. The summed E-state index contributed by atoms with van der Waals surface area (Å²) in [5.41, 5.74) is 2.13. The molecule has 0 spiro atoms. The van der Waals surface area contributed by atoms with Crippen LogP contribution in [-0.2, 0) is 4.74 Å². The van der Waals surface area contributed by atoms with Crippen LogP contribution in [0.4, 0.5) is 0 Å². The molecule has 19 heavy (non-hydrogen) atoms. The fourth-order valence-corrected chi connectivity index (χ4v) is 2.61. The van der Waals surface area contributed by atoms with E-state index in [-0.39, 0.29) is 5.91 Å². The van der Waals surface area contributed by atoms with Gasteiger partial charge in [-0.3, -0.25) is 4.79 Å². The molecule has 2 rings (SSSR count). The molecule has 0 radical (unpaired) electrons. The van der Waals surface area contributed by atoms with Crippen LogP contribution in [0.2, 0.25) is 0 Å². The van der Waals surface area contributed by atoms with E-state index in [1.165, 1.54) is 5.56 Å². The van der Waals surface area contributed by atoms with Crippen molar-refractivity contribution in [3.8, 4) is 0 Å². The van der Waals surface area contributed by atoms with Crippen LogP contribution in [0.1, 0.15) is 48.5 Å². The van der Waals surface area contributed by atoms with Gasteiger partial charge in [0.25, 0.3) is 5.91 Å². The summed E-state index contributed by atoms with van der Waals surface area (Å²) in [6.45, 7) is 7.12. The molecule has 1 aromatic carbocycles. The third kappa shape index (κ3) is 3.35. The van der Waals surface area contributed by atoms with Gasteiger partial charge in [-0.2, -0.15) is 0 Å². The van der Waals surface area contributed by atoms with Crippen LogP contribution in [0, 0.1) is 0 Å². The predicted octanol–water partition coefficient (Wildman–Crippen LogP) is 3.06. The summed E-state index contributed by atoms with van der Waals surface area (Å²) in [5.74, 6) is 0.729. The maximum Gasteiger partial charge on any atom is 0.254 e. The number of rotatable bonds is 4. The second kappa shape index (κ2) is 6.71. The summed E-state index contributed by atoms with van der Waals surface area (Å²) in [7, 11) is 0. The zero-order chi connectivity index (χ0) is 13.7. The van der Waals surface area contributed by atoms with Crippen molar-refractivity contribution in [1.82, 2.24) is 4.90 Å². The highest BCUT2D eigenvalue weighted by Gasteiger charge is 2.18. The Morgan fingerprint density at radius 2 is 1.74 bits per heavy atom. The van der Waals surface area contributed by atoms with E-state index in [0.717, 1.165) is 18.4 Å². The Morgan fingerprint density at radius 1 is 1.16 bits per heavy atom. The van der Waals surface area contributed by atoms with Crippen molar-refractivity contribution in [2.24, 2.45) is 0 Å². The lowest BCUT2D eigenvalue weighted by Crippen LogP contribution is -2.40. The molecule has 1 amide bonds. The van der Waals surface area contributed by atoms with Gasteiger partial charge in [-0.25, -0.2) is 0 Å². The molecule has 1 aromatic rings. The van der Waals surface area contributed by atoms with Gasteiger partial charge in [0.1, 0.15) is 0 Å². The van der Waals surface area contributed by atoms with Crippen molar-refractivity contribution >= 4 is 5.91 Å². The summed E-state index contributed by atoms with van der Waals surface area (Å²) in [5, 5.41) is 0. The van der Waals surface area contributed by atoms with Crippen molar-refractivity contribution in [1.29, 1.82) is 0 Å². The molecule has 3 heteroatoms. The van der Waals surface area contributed by atoms with Crippen molar-refractivity contribution < 1.29 is 9.53 Å². The zero-order valence-corrected chi connectivity index (χ0v) is 11.9. The van der Waals surface area contributed by atoms with Crippen molar-refractivity contribution in [2.75, 3.05) is 26.3 Å². The number of carbonyl (C=O) groups excluding carboxylic acids is 1. The molecular formula is C16H23NO2. The van der Waals surface area contributed by atoms with Crippen LogP contribution in [0.25, 0.3) is 0 Å². The first-order valence-electron chi connectivity index (χ1n) is 7.23. The highest BCUT2D eigenvalue weighted by Crippen LogP contribution is 2.23. The van der Waals surface area contributed by atoms with E-state index in [1.807, 2.05) is 17.0 Å². The van der Waals surface area contributed by atoms with Gasteiger partial charge in [0.2, 0.25) is 0 Å². The monoisotopic (exact) mass is 261 g/mol. The highest BCUT2D eigenvalue weighted by atomic mass is 16.5. The number of benzene rings is 1. The number of nitrogens with zero attached hydrogens (tertiary/aromatic N) is 1. The molecule has 0 aromatic heterocycles. The molecule has 0 saturated carbocycles. The van der Waals surface area contributed by atoms with Gasteiger partial charge in [-0.1, -0.05) is 26.0 Å². The largest absolute Gasteiger partial charge is 0.378 e. The third-order valence-electron chi connectivity index (χ3n) is 3.91. The Bertz CT molecular complexity index is 403. The Kier molecular flexibility index (Phi) is 4.97. The second-order valence-electron chi connectivity index (χ2n) is 5.04. The summed E-state index contributed by atoms with van der Waals surface area (Å²) in [6, 6.07) is 8.13. The van der Waals surface area contributed by atoms with Gasteiger partial charge in [0.05, 0.1) is 13.2 Å². The average molecular weight is 261 g/mol. The minimum atomic E-state index is 0.124. The Hall–Kier alpha value is -1.35. The number of ether oxygens (including phenoxy) is 1. The number of morpholine rings is 1. The van der Waals surface area contributed by atoms with Gasteiger partial charge in [0.15, 0.2) is 0 Å². The Labute approximate surface area is 115 Å². The van der Waals surface area contributed by atoms with Crippen molar-refractivity contribution in [2.45, 2.75) is 32.6 Å². The van der Waals surface area contributed by atoms with E-state index in [1.54, 1.807) is 0 Å². The molecule has 0 atom stereocenters. The lowest BCUT2D eigenvalue weighted by atomic mass is 9.93. The Balaban J connectivity index is 2.06. The average Bonchev–Trinajstić information content (AvgIpc) is 2.49. The number of amides is 1. The number of hydrogen-bond acceptors (Lipinski definition) is 2. The molecule has 3 nitrogen and oxygen atoms in total. The maximum absolute atomic E-state index is 12.3. The number of hydrogen-bond donors (Lipinski definition) is 0. The predicted molar refractivity (Wildman–Crippen MR) is 76.5 cm³/mol. The first-order chi connectivity index (χ1) is 9.26. The summed E-state index contributed by atoms with van der Waals surface area (Å²) in [4.78, 5) is 14.2. The molecule has 104 valence electrons.